The minimum atomic E-state index is -1.80. The summed E-state index contributed by atoms with van der Waals surface area (Å²) < 4.78 is 25.8. The van der Waals surface area contributed by atoms with Crippen LogP contribution in [-0.2, 0) is 0 Å². The molecule has 1 amide bonds. The second-order valence-electron chi connectivity index (χ2n) is 7.68. The third kappa shape index (κ3) is 4.97. The summed E-state index contributed by atoms with van der Waals surface area (Å²) in [6.45, 7) is 6.17. The SMILES string of the molecule is CCC(Nc1n[s+]([O-])nc1Nc1cccc(C(=O)N(C)C)c1O)c1cc(C(C)C)co1. The van der Waals surface area contributed by atoms with E-state index < -0.39 is 11.1 Å². The number of hydrogen-bond donors (Lipinski definition) is 3. The molecule has 0 radical (unpaired) electrons. The second-order valence-corrected chi connectivity index (χ2v) is 8.51. The van der Waals surface area contributed by atoms with Crippen molar-refractivity contribution in [2.75, 3.05) is 24.7 Å². The minimum absolute atomic E-state index is 0.143. The van der Waals surface area contributed by atoms with Crippen LogP contribution in [-0.4, -0.2) is 43.3 Å². The Balaban J connectivity index is 1.87. The summed E-state index contributed by atoms with van der Waals surface area (Å²) in [7, 11) is 3.20. The number of phenols is 1. The van der Waals surface area contributed by atoms with Gasteiger partial charge in [0.15, 0.2) is 16.9 Å². The molecular formula is C21H27N5O4S. The zero-order valence-electron chi connectivity index (χ0n) is 18.2. The van der Waals surface area contributed by atoms with Gasteiger partial charge in [-0.2, -0.15) is 0 Å². The Morgan fingerprint density at radius 2 is 2.00 bits per heavy atom. The van der Waals surface area contributed by atoms with Crippen LogP contribution < -0.4 is 10.6 Å². The third-order valence-corrected chi connectivity index (χ3v) is 5.54. The number of amides is 1. The van der Waals surface area contributed by atoms with E-state index in [-0.39, 0.29) is 40.6 Å². The maximum absolute atomic E-state index is 12.3. The van der Waals surface area contributed by atoms with Gasteiger partial charge in [-0.15, -0.1) is 0 Å². The lowest BCUT2D eigenvalue weighted by molar-refractivity contribution is 0.0824. The lowest BCUT2D eigenvalue weighted by Gasteiger charge is -2.15. The smallest absolute Gasteiger partial charge is 0.257 e. The monoisotopic (exact) mass is 445 g/mol. The number of carbonyl (C=O) groups is 1. The predicted octanol–water partition coefficient (Wildman–Crippen LogP) is 4.63. The number of hydrogen-bond acceptors (Lipinski definition) is 8. The normalized spacial score (nSPS) is 12.7. The quantitative estimate of drug-likeness (QED) is 0.338. The number of aromatic nitrogens is 2. The Hall–Kier alpha value is -3.11. The van der Waals surface area contributed by atoms with Crippen molar-refractivity contribution >= 4 is 34.4 Å². The van der Waals surface area contributed by atoms with Gasteiger partial charge in [0, 0.05) is 22.8 Å². The molecule has 0 fully saturated rings. The zero-order valence-corrected chi connectivity index (χ0v) is 19.0. The molecule has 3 rings (SSSR count). The molecule has 0 aliphatic rings. The first kappa shape index (κ1) is 22.6. The van der Waals surface area contributed by atoms with Gasteiger partial charge in [0.2, 0.25) is 11.6 Å². The van der Waals surface area contributed by atoms with Crippen molar-refractivity contribution in [2.45, 2.75) is 39.2 Å². The van der Waals surface area contributed by atoms with Crippen LogP contribution in [0.1, 0.15) is 60.8 Å². The Morgan fingerprint density at radius 1 is 1.29 bits per heavy atom. The summed E-state index contributed by atoms with van der Waals surface area (Å²) in [6, 6.07) is 6.55. The van der Waals surface area contributed by atoms with Gasteiger partial charge in [-0.25, -0.2) is 0 Å². The standard InChI is InChI=1S/C21H27N5O4S/c1-6-15(17-10-13(11-30-17)12(2)3)22-19-20(25-31(29)24-19)23-16-9-7-8-14(18(16)27)21(28)26(4)5/h7-12,15,27H,6H2,1-5H3,(H,22,24)(H,23,25). The van der Waals surface area contributed by atoms with Gasteiger partial charge >= 0.3 is 0 Å². The fraction of sp³-hybridized carbons (Fsp3) is 0.381. The predicted molar refractivity (Wildman–Crippen MR) is 120 cm³/mol. The summed E-state index contributed by atoms with van der Waals surface area (Å²) in [5.74, 6) is 1.02. The first-order valence-electron chi connectivity index (χ1n) is 9.96. The van der Waals surface area contributed by atoms with E-state index in [1.54, 1.807) is 32.5 Å². The topological polar surface area (TPSA) is 127 Å². The van der Waals surface area contributed by atoms with Gasteiger partial charge in [-0.3, -0.25) is 4.79 Å². The molecule has 3 N–H and O–H groups in total. The molecule has 0 bridgehead atoms. The minimum Gasteiger partial charge on any atom is -0.546 e. The third-order valence-electron chi connectivity index (χ3n) is 4.86. The molecule has 0 aliphatic carbocycles. The maximum atomic E-state index is 12.3. The number of benzene rings is 1. The molecule has 2 unspecified atom stereocenters. The van der Waals surface area contributed by atoms with Gasteiger partial charge in [-0.1, -0.05) is 26.8 Å². The molecule has 31 heavy (non-hydrogen) atoms. The van der Waals surface area contributed by atoms with Crippen LogP contribution in [0.4, 0.5) is 17.3 Å². The van der Waals surface area contributed by atoms with Crippen molar-refractivity contribution in [1.29, 1.82) is 0 Å². The van der Waals surface area contributed by atoms with E-state index >= 15 is 0 Å². The largest absolute Gasteiger partial charge is 0.546 e. The summed E-state index contributed by atoms with van der Waals surface area (Å²) in [5.41, 5.74) is 1.49. The van der Waals surface area contributed by atoms with Crippen LogP contribution in [0.15, 0.2) is 34.9 Å². The summed E-state index contributed by atoms with van der Waals surface area (Å²) >= 11 is -1.80. The average Bonchev–Trinajstić information content (AvgIpc) is 3.34. The molecule has 10 heteroatoms. The Kier molecular flexibility index (Phi) is 6.81. The highest BCUT2D eigenvalue weighted by atomic mass is 32.2. The fourth-order valence-electron chi connectivity index (χ4n) is 3.02. The van der Waals surface area contributed by atoms with Gasteiger partial charge in [0.05, 0.1) is 23.6 Å². The Bertz CT molecular complexity index is 1060. The van der Waals surface area contributed by atoms with Gasteiger partial charge in [0.25, 0.3) is 5.91 Å². The fourth-order valence-corrected chi connectivity index (χ4v) is 3.64. The van der Waals surface area contributed by atoms with Gasteiger partial charge < -0.3 is 29.6 Å². The highest BCUT2D eigenvalue weighted by molar-refractivity contribution is 7.14. The van der Waals surface area contributed by atoms with Crippen molar-refractivity contribution < 1.29 is 18.9 Å². The molecule has 2 heterocycles. The number of aromatic hydroxyl groups is 1. The van der Waals surface area contributed by atoms with Crippen molar-refractivity contribution in [3.8, 4) is 5.75 Å². The Labute approximate surface area is 184 Å². The number of furan rings is 1. The van der Waals surface area contributed by atoms with Crippen molar-refractivity contribution in [3.05, 3.63) is 47.4 Å². The van der Waals surface area contributed by atoms with Gasteiger partial charge in [-0.05, 0) is 36.1 Å². The highest BCUT2D eigenvalue weighted by Crippen LogP contribution is 2.35. The van der Waals surface area contributed by atoms with Crippen LogP contribution in [0, 0.1) is 0 Å². The number of nitrogens with one attached hydrogen (secondary N) is 2. The van der Waals surface area contributed by atoms with Crippen molar-refractivity contribution in [3.63, 3.8) is 0 Å². The second kappa shape index (κ2) is 9.36. The zero-order chi connectivity index (χ0) is 22.7. The van der Waals surface area contributed by atoms with Crippen molar-refractivity contribution in [1.82, 2.24) is 13.6 Å². The van der Waals surface area contributed by atoms with Crippen molar-refractivity contribution in [2.24, 2.45) is 0 Å². The average molecular weight is 446 g/mol. The number of phenolic OH excluding ortho intramolecular Hbond substituents is 1. The summed E-state index contributed by atoms with van der Waals surface area (Å²) in [4.78, 5) is 13.6. The molecule has 2 aromatic heterocycles. The maximum Gasteiger partial charge on any atom is 0.257 e. The number of carbonyl (C=O) groups excluding carboxylic acids is 1. The molecule has 3 aromatic rings. The molecular weight excluding hydrogens is 418 g/mol. The van der Waals surface area contributed by atoms with E-state index in [9.17, 15) is 14.5 Å². The molecule has 9 nitrogen and oxygen atoms in total. The van der Waals surface area contributed by atoms with E-state index in [4.69, 9.17) is 4.42 Å². The molecule has 0 aliphatic heterocycles. The number of rotatable bonds is 8. The summed E-state index contributed by atoms with van der Waals surface area (Å²) in [5, 5.41) is 16.7. The number of para-hydroxylation sites is 1. The van der Waals surface area contributed by atoms with E-state index in [2.05, 4.69) is 33.2 Å². The molecule has 0 saturated carbocycles. The number of nitrogens with zero attached hydrogens (tertiary/aromatic N) is 3. The Morgan fingerprint density at radius 3 is 2.61 bits per heavy atom. The first-order valence-corrected chi connectivity index (χ1v) is 11.0. The van der Waals surface area contributed by atoms with Crippen LogP contribution in [0.5, 0.6) is 5.75 Å². The lowest BCUT2D eigenvalue weighted by atomic mass is 10.1. The van der Waals surface area contributed by atoms with Crippen LogP contribution in [0.2, 0.25) is 0 Å². The van der Waals surface area contributed by atoms with Crippen LogP contribution >= 0.6 is 11.1 Å². The molecule has 166 valence electrons. The lowest BCUT2D eigenvalue weighted by Crippen LogP contribution is -2.21. The molecule has 2 atom stereocenters. The highest BCUT2D eigenvalue weighted by Gasteiger charge is 2.24. The van der Waals surface area contributed by atoms with E-state index in [1.807, 2.05) is 13.0 Å². The molecule has 1 aromatic carbocycles. The summed E-state index contributed by atoms with van der Waals surface area (Å²) in [6.07, 6.45) is 2.43. The van der Waals surface area contributed by atoms with E-state index in [0.29, 0.717) is 12.3 Å². The van der Waals surface area contributed by atoms with Crippen LogP contribution in [0.25, 0.3) is 0 Å². The number of anilines is 3. The van der Waals surface area contributed by atoms with Crippen LogP contribution in [0.3, 0.4) is 0 Å². The molecule has 0 spiro atoms. The molecule has 0 saturated heterocycles. The van der Waals surface area contributed by atoms with Gasteiger partial charge in [0.1, 0.15) is 5.76 Å². The van der Waals surface area contributed by atoms with E-state index in [1.165, 1.54) is 11.0 Å². The van der Waals surface area contributed by atoms with E-state index in [0.717, 1.165) is 11.3 Å². The first-order chi connectivity index (χ1) is 14.7.